The smallest absolute Gasteiger partial charge is 0.303 e. The number of hydrogen-bond donors (Lipinski definition) is 0. The number of hydrogen-bond acceptors (Lipinski definition) is 8. The summed E-state index contributed by atoms with van der Waals surface area (Å²) < 4.78 is 37.5. The summed E-state index contributed by atoms with van der Waals surface area (Å²) in [7, 11) is 0. The number of esters is 1. The van der Waals surface area contributed by atoms with E-state index >= 15 is 0 Å². The van der Waals surface area contributed by atoms with Gasteiger partial charge < -0.3 is 33.2 Å². The summed E-state index contributed by atoms with van der Waals surface area (Å²) in [6.07, 6.45) is 3.34. The van der Waals surface area contributed by atoms with Crippen molar-refractivity contribution in [3.8, 4) is 0 Å². The van der Waals surface area contributed by atoms with Gasteiger partial charge in [-0.2, -0.15) is 0 Å². The molecule has 4 aliphatic heterocycles. The molecule has 0 amide bonds. The van der Waals surface area contributed by atoms with Crippen molar-refractivity contribution in [2.75, 3.05) is 6.61 Å². The first-order valence-corrected chi connectivity index (χ1v) is 13.2. The number of ether oxygens (including phenoxy) is 6. The number of fused-ring (bicyclic) bond motifs is 2. The van der Waals surface area contributed by atoms with Gasteiger partial charge in [0.2, 0.25) is 0 Å². The van der Waals surface area contributed by atoms with Gasteiger partial charge >= 0.3 is 5.97 Å². The van der Waals surface area contributed by atoms with Gasteiger partial charge in [0.15, 0.2) is 5.79 Å². The Morgan fingerprint density at radius 1 is 1.14 bits per heavy atom. The highest BCUT2D eigenvalue weighted by Gasteiger charge is 2.53. The molecule has 0 bridgehead atoms. The van der Waals surface area contributed by atoms with Gasteiger partial charge in [0.25, 0.3) is 0 Å². The van der Waals surface area contributed by atoms with Crippen LogP contribution in [0.5, 0.6) is 0 Å². The summed E-state index contributed by atoms with van der Waals surface area (Å²) >= 11 is 0. The highest BCUT2D eigenvalue weighted by Crippen LogP contribution is 2.43. The van der Waals surface area contributed by atoms with Crippen molar-refractivity contribution in [3.05, 3.63) is 12.2 Å². The lowest BCUT2D eigenvalue weighted by atomic mass is 9.79. The third-order valence-electron chi connectivity index (χ3n) is 7.99. The van der Waals surface area contributed by atoms with E-state index in [0.29, 0.717) is 32.3 Å². The van der Waals surface area contributed by atoms with Crippen LogP contribution >= 0.6 is 0 Å². The molecule has 4 aliphatic rings. The van der Waals surface area contributed by atoms with E-state index in [0.717, 1.165) is 24.7 Å². The Kier molecular flexibility index (Phi) is 8.38. The molecule has 4 rings (SSSR count). The molecule has 0 radical (unpaired) electrons. The molecule has 35 heavy (non-hydrogen) atoms. The standard InChI is InChI=1S/C27H42O8/c1-15-12-19(8-7-10-28)32-21(16(15)2)13-23-25(31-18(4)29)17(3)26-24(33-23)14-22-20(34-26)9-11-30-27(5,6)35-22/h10,15,17,19-26H,2,7-9,11-14H2,1,3-6H3/t15-,17-,19?,20-,21?,22-,23+,24+,25-,26+/m1/s1. The zero-order valence-corrected chi connectivity index (χ0v) is 21.8. The maximum Gasteiger partial charge on any atom is 0.303 e. The second-order valence-electron chi connectivity index (χ2n) is 11.2. The molecule has 8 heteroatoms. The zero-order valence-electron chi connectivity index (χ0n) is 21.8. The summed E-state index contributed by atoms with van der Waals surface area (Å²) in [5, 5.41) is 0. The van der Waals surface area contributed by atoms with Crippen molar-refractivity contribution in [1.29, 1.82) is 0 Å². The lowest BCUT2D eigenvalue weighted by Gasteiger charge is -2.51. The largest absolute Gasteiger partial charge is 0.459 e. The molecule has 0 saturated carbocycles. The van der Waals surface area contributed by atoms with E-state index in [9.17, 15) is 9.59 Å². The van der Waals surface area contributed by atoms with Crippen LogP contribution in [0.1, 0.15) is 73.1 Å². The highest BCUT2D eigenvalue weighted by molar-refractivity contribution is 5.66. The van der Waals surface area contributed by atoms with Crippen LogP contribution in [0.2, 0.25) is 0 Å². The average Bonchev–Trinajstić information content (AvgIpc) is 2.93. The minimum Gasteiger partial charge on any atom is -0.459 e. The molecule has 4 saturated heterocycles. The number of aldehydes is 1. The third kappa shape index (κ3) is 6.16. The van der Waals surface area contributed by atoms with Crippen LogP contribution in [0, 0.1) is 11.8 Å². The molecule has 0 spiro atoms. The molecular weight excluding hydrogens is 452 g/mol. The van der Waals surface area contributed by atoms with Crippen molar-refractivity contribution in [1.82, 2.24) is 0 Å². The van der Waals surface area contributed by atoms with Gasteiger partial charge in [0.05, 0.1) is 49.3 Å². The monoisotopic (exact) mass is 494 g/mol. The van der Waals surface area contributed by atoms with Crippen molar-refractivity contribution in [3.63, 3.8) is 0 Å². The predicted octanol–water partition coefficient (Wildman–Crippen LogP) is 3.74. The average molecular weight is 495 g/mol. The second-order valence-corrected chi connectivity index (χ2v) is 11.2. The van der Waals surface area contributed by atoms with E-state index in [1.807, 2.05) is 13.8 Å². The SMILES string of the molecule is C=C1C(C[C@@H]2O[C@H]3C[C@H]4OC(C)(C)OCC[C@H]4O[C@H]3[C@H](C)[C@H]2OC(C)=O)OC(CCC=O)C[C@H]1C. The lowest BCUT2D eigenvalue weighted by molar-refractivity contribution is -0.296. The first-order valence-electron chi connectivity index (χ1n) is 13.2. The Morgan fingerprint density at radius 2 is 1.91 bits per heavy atom. The fourth-order valence-electron chi connectivity index (χ4n) is 6.17. The fraction of sp³-hybridized carbons (Fsp3) is 0.852. The van der Waals surface area contributed by atoms with Gasteiger partial charge in [0, 0.05) is 32.1 Å². The fourth-order valence-corrected chi connectivity index (χ4v) is 6.17. The minimum atomic E-state index is -0.671. The van der Waals surface area contributed by atoms with E-state index < -0.39 is 11.9 Å². The summed E-state index contributed by atoms with van der Waals surface area (Å²) in [5.74, 6) is -0.778. The van der Waals surface area contributed by atoms with Crippen molar-refractivity contribution in [2.24, 2.45) is 11.8 Å². The molecule has 2 unspecified atom stereocenters. The molecular formula is C27H42O8. The number of carbonyl (C=O) groups is 2. The van der Waals surface area contributed by atoms with Crippen LogP contribution in [-0.2, 0) is 38.0 Å². The molecule has 10 atom stereocenters. The quantitative estimate of drug-likeness (QED) is 0.313. The van der Waals surface area contributed by atoms with Gasteiger partial charge in [-0.25, -0.2) is 0 Å². The predicted molar refractivity (Wildman–Crippen MR) is 128 cm³/mol. The summed E-state index contributed by atoms with van der Waals surface area (Å²) in [5.41, 5.74) is 1.03. The molecule has 8 nitrogen and oxygen atoms in total. The lowest BCUT2D eigenvalue weighted by Crippen LogP contribution is -2.61. The Labute approximate surface area is 209 Å². The van der Waals surface area contributed by atoms with E-state index in [-0.39, 0.29) is 60.5 Å². The van der Waals surface area contributed by atoms with Crippen LogP contribution in [0.15, 0.2) is 12.2 Å². The van der Waals surface area contributed by atoms with Gasteiger partial charge in [-0.15, -0.1) is 0 Å². The van der Waals surface area contributed by atoms with Crippen molar-refractivity contribution in [2.45, 2.75) is 128 Å². The van der Waals surface area contributed by atoms with Crippen LogP contribution < -0.4 is 0 Å². The maximum absolute atomic E-state index is 12.1. The summed E-state index contributed by atoms with van der Waals surface area (Å²) in [6, 6.07) is 0. The van der Waals surface area contributed by atoms with Gasteiger partial charge in [-0.05, 0) is 44.6 Å². The van der Waals surface area contributed by atoms with Crippen molar-refractivity contribution < 1.29 is 38.0 Å². The van der Waals surface area contributed by atoms with Crippen LogP contribution in [0.25, 0.3) is 0 Å². The third-order valence-corrected chi connectivity index (χ3v) is 7.99. The van der Waals surface area contributed by atoms with E-state index in [4.69, 9.17) is 28.4 Å². The first-order chi connectivity index (χ1) is 16.6. The number of carbonyl (C=O) groups excluding carboxylic acids is 2. The normalized spacial score (nSPS) is 43.4. The zero-order chi connectivity index (χ0) is 25.3. The van der Waals surface area contributed by atoms with Gasteiger partial charge in [-0.3, -0.25) is 4.79 Å². The van der Waals surface area contributed by atoms with E-state index in [2.05, 4.69) is 20.4 Å². The molecule has 4 fully saturated rings. The van der Waals surface area contributed by atoms with Crippen LogP contribution in [0.3, 0.4) is 0 Å². The van der Waals surface area contributed by atoms with Gasteiger partial charge in [-0.1, -0.05) is 20.4 Å². The molecule has 198 valence electrons. The second kappa shape index (κ2) is 11.0. The molecule has 0 aromatic carbocycles. The Hall–Kier alpha value is -1.32. The minimum absolute atomic E-state index is 0.00651. The Morgan fingerprint density at radius 3 is 2.63 bits per heavy atom. The molecule has 0 aromatic rings. The maximum atomic E-state index is 12.1. The summed E-state index contributed by atoms with van der Waals surface area (Å²) in [6.45, 7) is 14.4. The van der Waals surface area contributed by atoms with E-state index in [1.165, 1.54) is 6.92 Å². The van der Waals surface area contributed by atoms with Crippen LogP contribution in [0.4, 0.5) is 0 Å². The van der Waals surface area contributed by atoms with E-state index in [1.54, 1.807) is 0 Å². The topological polar surface area (TPSA) is 89.5 Å². The molecule has 0 N–H and O–H groups in total. The Balaban J connectivity index is 1.51. The van der Waals surface area contributed by atoms with Crippen molar-refractivity contribution >= 4 is 12.3 Å². The van der Waals surface area contributed by atoms with Gasteiger partial charge in [0.1, 0.15) is 12.4 Å². The molecule has 0 aliphatic carbocycles. The molecule has 4 heterocycles. The number of rotatable bonds is 6. The summed E-state index contributed by atoms with van der Waals surface area (Å²) in [4.78, 5) is 22.9. The molecule has 0 aromatic heterocycles. The highest BCUT2D eigenvalue weighted by atomic mass is 16.7. The first kappa shape index (κ1) is 26.7. The Bertz CT molecular complexity index is 781. The van der Waals surface area contributed by atoms with Crippen LogP contribution in [-0.4, -0.2) is 73.5 Å².